The van der Waals surface area contributed by atoms with Crippen LogP contribution in [0.1, 0.15) is 153 Å². The smallest absolute Gasteiger partial charge is 0.303 e. The Hall–Kier alpha value is -7.01. The van der Waals surface area contributed by atoms with Crippen LogP contribution in [-0.2, 0) is 57.6 Å². The van der Waals surface area contributed by atoms with Gasteiger partial charge >= 0.3 is 5.97 Å². The van der Waals surface area contributed by atoms with Gasteiger partial charge in [0.1, 0.15) is 42.2 Å². The van der Waals surface area contributed by atoms with Crippen LogP contribution in [0.15, 0.2) is 79.1 Å². The van der Waals surface area contributed by atoms with E-state index in [4.69, 9.17) is 0 Å². The van der Waals surface area contributed by atoms with Crippen LogP contribution in [0, 0.1) is 0 Å². The average molecular weight is 1150 g/mol. The van der Waals surface area contributed by atoms with Crippen LogP contribution in [0.5, 0.6) is 5.75 Å². The van der Waals surface area contributed by atoms with E-state index >= 15 is 0 Å². The van der Waals surface area contributed by atoms with Crippen molar-refractivity contribution < 1.29 is 63.9 Å². The topological polar surface area (TPSA) is 347 Å². The molecule has 0 saturated carbocycles. The average Bonchev–Trinajstić information content (AvgIpc) is 3.47. The molecule has 82 heavy (non-hydrogen) atoms. The predicted octanol–water partition coefficient (Wildman–Crippen LogP) is 3.27. The first kappa shape index (κ1) is 69.3. The number of aromatic hydroxyl groups is 1. The fourth-order valence-electron chi connectivity index (χ4n) is 9.19. The van der Waals surface area contributed by atoms with Crippen molar-refractivity contribution in [2.24, 2.45) is 0 Å². The minimum Gasteiger partial charge on any atom is -0.508 e. The number of aliphatic hydroxyl groups is 3. The van der Waals surface area contributed by atoms with Crippen LogP contribution < -0.4 is 42.5 Å². The van der Waals surface area contributed by atoms with Crippen LogP contribution in [0.3, 0.4) is 0 Å². The Morgan fingerprint density at radius 2 is 0.951 bits per heavy atom. The van der Waals surface area contributed by atoms with Crippen molar-refractivity contribution in [1.29, 1.82) is 0 Å². The lowest BCUT2D eigenvalue weighted by molar-refractivity contribution is -0.138. The summed E-state index contributed by atoms with van der Waals surface area (Å²) in [7, 11) is 1.41. The van der Waals surface area contributed by atoms with Crippen molar-refractivity contribution in [2.45, 2.75) is 204 Å². The first-order valence-electron chi connectivity index (χ1n) is 29.1. The van der Waals surface area contributed by atoms with E-state index in [9.17, 15) is 63.9 Å². The molecular weight excluding hydrogens is 1050 g/mol. The first-order valence-corrected chi connectivity index (χ1v) is 29.1. The van der Waals surface area contributed by atoms with Crippen molar-refractivity contribution in [2.75, 3.05) is 20.3 Å². The number of phenols is 1. The van der Waals surface area contributed by atoms with Crippen molar-refractivity contribution in [3.05, 3.63) is 95.8 Å². The van der Waals surface area contributed by atoms with Gasteiger partial charge in [-0.15, -0.1) is 0 Å². The highest BCUT2D eigenvalue weighted by Crippen LogP contribution is 2.16. The third-order valence-electron chi connectivity index (χ3n) is 14.0. The zero-order valence-corrected chi connectivity index (χ0v) is 48.0. The van der Waals surface area contributed by atoms with E-state index in [1.807, 2.05) is 6.92 Å². The fraction of sp³-hybridized carbons (Fsp3) is 0.583. The Kier molecular flexibility index (Phi) is 34.0. The molecule has 0 bridgehead atoms. The number of aliphatic carboxylic acids is 1. The third kappa shape index (κ3) is 27.6. The number of amides is 7. The molecule has 22 heteroatoms. The molecule has 0 fully saturated rings. The molecule has 2 aromatic carbocycles. The molecule has 0 unspecified atom stereocenters. The largest absolute Gasteiger partial charge is 0.508 e. The van der Waals surface area contributed by atoms with E-state index in [1.165, 1.54) is 95.1 Å². The summed E-state index contributed by atoms with van der Waals surface area (Å²) in [5.41, 5.74) is 1.75. The summed E-state index contributed by atoms with van der Waals surface area (Å²) < 4.78 is 0. The van der Waals surface area contributed by atoms with Crippen LogP contribution in [-0.4, -0.2) is 147 Å². The van der Waals surface area contributed by atoms with Crippen molar-refractivity contribution >= 4 is 47.3 Å². The predicted molar refractivity (Wildman–Crippen MR) is 309 cm³/mol. The molecule has 0 aliphatic carbocycles. The molecule has 1 aromatic heterocycles. The zero-order valence-electron chi connectivity index (χ0n) is 48.0. The maximum atomic E-state index is 14.2. The fourth-order valence-corrected chi connectivity index (χ4v) is 9.19. The third-order valence-corrected chi connectivity index (χ3v) is 14.0. The number of carboxylic acids is 1. The van der Waals surface area contributed by atoms with Gasteiger partial charge in [-0.05, 0) is 54.2 Å². The van der Waals surface area contributed by atoms with Crippen molar-refractivity contribution in [3.63, 3.8) is 0 Å². The van der Waals surface area contributed by atoms with Gasteiger partial charge in [0, 0.05) is 51.5 Å². The molecule has 3 rings (SSSR count). The second-order valence-electron chi connectivity index (χ2n) is 20.8. The van der Waals surface area contributed by atoms with E-state index in [2.05, 4.69) is 54.4 Å². The molecule has 7 amide bonds. The normalized spacial score (nSPS) is 14.1. The number of aliphatic hydroxyl groups excluding tert-OH is 3. The number of aromatic nitrogens is 1. The monoisotopic (exact) mass is 1150 g/mol. The van der Waals surface area contributed by atoms with Crippen molar-refractivity contribution in [3.8, 4) is 5.75 Å². The van der Waals surface area contributed by atoms with Gasteiger partial charge in [0.25, 0.3) is 0 Å². The van der Waals surface area contributed by atoms with Gasteiger partial charge < -0.3 is 62.8 Å². The molecule has 0 spiro atoms. The number of rotatable bonds is 43. The number of carboxylic acid groups (broad SMARTS) is 1. The highest BCUT2D eigenvalue weighted by molar-refractivity contribution is 5.95. The number of carbonyl (C=O) groups is 8. The lowest BCUT2D eigenvalue weighted by Gasteiger charge is -2.30. The van der Waals surface area contributed by atoms with Gasteiger partial charge in [-0.1, -0.05) is 152 Å². The zero-order chi connectivity index (χ0) is 60.1. The molecule has 1 heterocycles. The molecule has 3 aromatic rings. The number of pyridine rings is 1. The van der Waals surface area contributed by atoms with E-state index in [0.717, 1.165) is 31.2 Å². The van der Waals surface area contributed by atoms with E-state index < -0.39 is 122 Å². The van der Waals surface area contributed by atoms with Gasteiger partial charge in [0.15, 0.2) is 0 Å². The molecule has 8 atom stereocenters. The number of benzene rings is 2. The number of nitrogens with one attached hydrogen (secondary N) is 8. The van der Waals surface area contributed by atoms with Gasteiger partial charge in [-0.2, -0.15) is 0 Å². The summed E-state index contributed by atoms with van der Waals surface area (Å²) in [5.74, 6) is -6.69. The highest BCUT2D eigenvalue weighted by atomic mass is 16.4. The molecule has 0 aliphatic heterocycles. The molecular formula is C60H91N9O13. The maximum Gasteiger partial charge on any atom is 0.303 e. The highest BCUT2D eigenvalue weighted by Gasteiger charge is 2.35. The lowest BCUT2D eigenvalue weighted by atomic mass is 10.0. The maximum absolute atomic E-state index is 14.2. The number of carbonyl (C=O) groups excluding carboxylic acids is 7. The second-order valence-corrected chi connectivity index (χ2v) is 20.8. The summed E-state index contributed by atoms with van der Waals surface area (Å²) in [4.78, 5) is 112. The Morgan fingerprint density at radius 1 is 0.476 bits per heavy atom. The van der Waals surface area contributed by atoms with Gasteiger partial charge in [-0.25, -0.2) is 0 Å². The van der Waals surface area contributed by atoms with E-state index in [0.29, 0.717) is 30.4 Å². The van der Waals surface area contributed by atoms with Gasteiger partial charge in [0.2, 0.25) is 41.4 Å². The lowest BCUT2D eigenvalue weighted by Crippen LogP contribution is -2.62. The second kappa shape index (κ2) is 40.2. The minimum absolute atomic E-state index is 0.0419. The SMILES string of the molecule is CCCCCCCCCCCCCCCC(=O)N[C@@H](CO)C(=O)N[C@@H](Cc1ccc(O)cc1)C(=O)N[C@@H](CO)[C@H](O)N[C@@H](CCCC)C(=O)N[C@@H](CCC(=O)O)C(=O)N[C@H](Cc1cccnc1)C(=O)N[C@H](Cc1ccccc1)C(=O)NC. The molecule has 0 saturated heterocycles. The number of hydrogen-bond donors (Lipinski definition) is 13. The Morgan fingerprint density at radius 3 is 1.48 bits per heavy atom. The quantitative estimate of drug-likeness (QED) is 0.0286. The number of phenolic OH excluding ortho intramolecular Hbond substituents is 1. The standard InChI is InChI=1S/C60H91N9O13/c1-4-6-8-9-10-11-12-13-14-15-16-17-21-27-52(73)63-50(39-70)59(81)68-48(36-42-28-30-44(72)31-29-42)58(80)69-51(40-71)60(82)64-45(26-7-5-2)55(77)65-46(32-33-53(74)75)56(78)67-49(37-43-25-22-34-62-38-43)57(79)66-47(54(76)61-3)35-41-23-19-18-20-24-41/h18-20,22-25,28-31,34,38,45-51,60,64,70-72,82H,4-17,21,26-27,32-33,35-37,39-40H2,1-3H3,(H,61,76)(H,63,73)(H,65,77)(H,66,79)(H,67,78)(H,68,81)(H,69,80)(H,74,75)/t45-,46-,47+,48-,49+,50-,51-,60-/m0/s1. The Balaban J connectivity index is 1.73. The molecule has 0 aliphatic rings. The number of likely N-dealkylation sites (N-methyl/N-ethyl adjacent to an activating group) is 1. The molecule has 13 N–H and O–H groups in total. The minimum atomic E-state index is -1.86. The summed E-state index contributed by atoms with van der Waals surface area (Å²) in [5, 5.41) is 72.7. The van der Waals surface area contributed by atoms with Crippen LogP contribution in [0.25, 0.3) is 0 Å². The van der Waals surface area contributed by atoms with Crippen LogP contribution >= 0.6 is 0 Å². The summed E-state index contributed by atoms with van der Waals surface area (Å²) in [6.45, 7) is 2.36. The number of hydrogen-bond acceptors (Lipinski definition) is 14. The Labute approximate surface area is 482 Å². The summed E-state index contributed by atoms with van der Waals surface area (Å²) in [6.07, 6.45) is 15.7. The molecule has 454 valence electrons. The first-order chi connectivity index (χ1) is 39.5. The molecule has 22 nitrogen and oxygen atoms in total. The van der Waals surface area contributed by atoms with Crippen molar-refractivity contribution in [1.82, 2.24) is 47.5 Å². The number of nitrogens with zero attached hydrogens (tertiary/aromatic N) is 1. The summed E-state index contributed by atoms with van der Waals surface area (Å²) in [6, 6.07) is 8.30. The summed E-state index contributed by atoms with van der Waals surface area (Å²) >= 11 is 0. The van der Waals surface area contributed by atoms with Crippen LogP contribution in [0.2, 0.25) is 0 Å². The van der Waals surface area contributed by atoms with Gasteiger partial charge in [0.05, 0.1) is 25.3 Å². The van der Waals surface area contributed by atoms with E-state index in [1.54, 1.807) is 42.5 Å². The number of unbranched alkanes of at least 4 members (excludes halogenated alkanes) is 13. The van der Waals surface area contributed by atoms with Crippen LogP contribution in [0.4, 0.5) is 0 Å². The van der Waals surface area contributed by atoms with Gasteiger partial charge in [-0.3, -0.25) is 48.7 Å². The molecule has 0 radical (unpaired) electrons. The van der Waals surface area contributed by atoms with E-state index in [-0.39, 0.29) is 37.9 Å². The Bertz CT molecular complexity index is 2370.